The quantitative estimate of drug-likeness (QED) is 0.659. The summed E-state index contributed by atoms with van der Waals surface area (Å²) in [5.41, 5.74) is 0. The Morgan fingerprint density at radius 3 is 2.48 bits per heavy atom. The molecule has 0 N–H and O–H groups in total. The normalized spacial score (nSPS) is 15.8. The minimum atomic E-state index is -3.70. The van der Waals surface area contributed by atoms with Crippen LogP contribution in [-0.2, 0) is 19.9 Å². The third kappa shape index (κ3) is 3.94. The molecule has 0 unspecified atom stereocenters. The molecule has 2 aromatic rings. The summed E-state index contributed by atoms with van der Waals surface area (Å²) in [6.07, 6.45) is 1.82. The first-order chi connectivity index (χ1) is 11.7. The molecule has 8 nitrogen and oxygen atoms in total. The lowest BCUT2D eigenvalue weighted by atomic mass is 10.4. The molecule has 2 heterocycles. The highest BCUT2D eigenvalue weighted by molar-refractivity contribution is 7.91. The predicted molar refractivity (Wildman–Crippen MR) is 95.7 cm³/mol. The molecule has 0 aliphatic heterocycles. The van der Waals surface area contributed by atoms with Gasteiger partial charge in [0.25, 0.3) is 0 Å². The minimum Gasteiger partial charge on any atom is -0.294 e. The van der Waals surface area contributed by atoms with Crippen LogP contribution in [0.5, 0.6) is 0 Å². The summed E-state index contributed by atoms with van der Waals surface area (Å²) < 4.78 is 51.8. The molecule has 0 spiro atoms. The van der Waals surface area contributed by atoms with E-state index in [-0.39, 0.29) is 29.1 Å². The molecule has 25 heavy (non-hydrogen) atoms. The molecule has 3 rings (SSSR count). The van der Waals surface area contributed by atoms with Gasteiger partial charge in [-0.25, -0.2) is 21.1 Å². The first kappa shape index (κ1) is 18.5. The molecule has 0 amide bonds. The fraction of sp³-hybridized carbons (Fsp3) is 0.571. The summed E-state index contributed by atoms with van der Waals surface area (Å²) in [7, 11) is -4.26. The smallest absolute Gasteiger partial charge is 0.250 e. The Bertz CT molecular complexity index is 942. The van der Waals surface area contributed by atoms with Gasteiger partial charge >= 0.3 is 0 Å². The Kier molecular flexibility index (Phi) is 5.02. The van der Waals surface area contributed by atoms with Crippen LogP contribution >= 0.6 is 11.3 Å². The van der Waals surface area contributed by atoms with Gasteiger partial charge in [-0.3, -0.25) is 4.57 Å². The van der Waals surface area contributed by atoms with Crippen molar-refractivity contribution in [2.75, 3.05) is 25.6 Å². The second-order valence-electron chi connectivity index (χ2n) is 6.16. The Balaban J connectivity index is 1.83. The molecule has 1 fully saturated rings. The van der Waals surface area contributed by atoms with Gasteiger partial charge < -0.3 is 0 Å². The summed E-state index contributed by atoms with van der Waals surface area (Å²) in [4.78, 5) is 0.871. The van der Waals surface area contributed by atoms with Crippen LogP contribution in [0, 0.1) is 0 Å². The maximum Gasteiger partial charge on any atom is 0.250 e. The van der Waals surface area contributed by atoms with Gasteiger partial charge in [0.2, 0.25) is 25.0 Å². The minimum absolute atomic E-state index is 0.0225. The summed E-state index contributed by atoms with van der Waals surface area (Å²) >= 11 is 1.48. The van der Waals surface area contributed by atoms with Gasteiger partial charge in [0, 0.05) is 20.1 Å². The van der Waals surface area contributed by atoms with Gasteiger partial charge in [-0.2, -0.15) is 0 Å². The SMILES string of the molecule is CN(C)S(=O)(=O)CCCS(=O)(=O)c1nnc(-c2cccs2)n1C1CC1. The Morgan fingerprint density at radius 1 is 1.20 bits per heavy atom. The summed E-state index contributed by atoms with van der Waals surface area (Å²) in [5, 5.41) is 9.87. The molecular formula is C14H20N4O4S3. The Labute approximate surface area is 151 Å². The van der Waals surface area contributed by atoms with Crippen LogP contribution in [0.4, 0.5) is 0 Å². The van der Waals surface area contributed by atoms with Gasteiger partial charge in [0.05, 0.1) is 16.4 Å². The number of aromatic nitrogens is 3. The van der Waals surface area contributed by atoms with Crippen LogP contribution in [-0.4, -0.2) is 61.5 Å². The zero-order valence-electron chi connectivity index (χ0n) is 14.0. The van der Waals surface area contributed by atoms with Crippen LogP contribution in [0.3, 0.4) is 0 Å². The summed E-state index contributed by atoms with van der Waals surface area (Å²) in [6, 6.07) is 3.86. The fourth-order valence-electron chi connectivity index (χ4n) is 2.43. The number of sulfonamides is 1. The van der Waals surface area contributed by atoms with E-state index in [0.29, 0.717) is 5.82 Å². The lowest BCUT2D eigenvalue weighted by Gasteiger charge is -2.11. The van der Waals surface area contributed by atoms with E-state index in [1.165, 1.54) is 25.4 Å². The van der Waals surface area contributed by atoms with Crippen molar-refractivity contribution in [2.45, 2.75) is 30.5 Å². The number of sulfone groups is 1. The van der Waals surface area contributed by atoms with E-state index in [9.17, 15) is 16.8 Å². The van der Waals surface area contributed by atoms with E-state index in [1.54, 1.807) is 4.57 Å². The van der Waals surface area contributed by atoms with E-state index in [2.05, 4.69) is 10.2 Å². The summed E-state index contributed by atoms with van der Waals surface area (Å²) in [5.74, 6) is 0.0845. The number of nitrogens with zero attached hydrogens (tertiary/aromatic N) is 4. The first-order valence-corrected chi connectivity index (χ1v) is 12.0. The second kappa shape index (κ2) is 6.78. The third-order valence-corrected chi connectivity index (χ3v) is 8.41. The molecule has 2 aromatic heterocycles. The molecule has 138 valence electrons. The van der Waals surface area contributed by atoms with Crippen LogP contribution in [0.25, 0.3) is 10.7 Å². The third-order valence-electron chi connectivity index (χ3n) is 3.97. The molecule has 0 bridgehead atoms. The molecule has 1 aliphatic carbocycles. The molecule has 0 aromatic carbocycles. The average molecular weight is 405 g/mol. The van der Waals surface area contributed by atoms with Crippen molar-refractivity contribution in [1.29, 1.82) is 0 Å². The Morgan fingerprint density at radius 2 is 1.92 bits per heavy atom. The molecule has 11 heteroatoms. The van der Waals surface area contributed by atoms with Crippen LogP contribution in [0.2, 0.25) is 0 Å². The van der Waals surface area contributed by atoms with E-state index in [1.807, 2.05) is 17.5 Å². The van der Waals surface area contributed by atoms with Gasteiger partial charge in [-0.15, -0.1) is 21.5 Å². The van der Waals surface area contributed by atoms with Gasteiger partial charge in [-0.05, 0) is 30.7 Å². The van der Waals surface area contributed by atoms with Crippen LogP contribution in [0.15, 0.2) is 22.7 Å². The molecule has 1 saturated carbocycles. The lowest BCUT2D eigenvalue weighted by molar-refractivity contribution is 0.519. The van der Waals surface area contributed by atoms with Gasteiger partial charge in [0.1, 0.15) is 0 Å². The molecular weight excluding hydrogens is 384 g/mol. The topological polar surface area (TPSA) is 102 Å². The zero-order valence-corrected chi connectivity index (χ0v) is 16.4. The van der Waals surface area contributed by atoms with E-state index < -0.39 is 19.9 Å². The van der Waals surface area contributed by atoms with E-state index in [0.717, 1.165) is 22.0 Å². The maximum atomic E-state index is 12.7. The van der Waals surface area contributed by atoms with Crippen molar-refractivity contribution in [3.05, 3.63) is 17.5 Å². The molecule has 0 radical (unpaired) electrons. The van der Waals surface area contributed by atoms with Crippen molar-refractivity contribution in [3.8, 4) is 10.7 Å². The monoisotopic (exact) mass is 404 g/mol. The van der Waals surface area contributed by atoms with Crippen LogP contribution in [0.1, 0.15) is 25.3 Å². The van der Waals surface area contributed by atoms with Gasteiger partial charge in [0.15, 0.2) is 5.82 Å². The zero-order chi connectivity index (χ0) is 18.2. The number of rotatable bonds is 8. The Hall–Kier alpha value is -1.30. The van der Waals surface area contributed by atoms with E-state index in [4.69, 9.17) is 0 Å². The molecule has 1 aliphatic rings. The highest BCUT2D eigenvalue weighted by Crippen LogP contribution is 2.40. The van der Waals surface area contributed by atoms with Crippen molar-refractivity contribution in [1.82, 2.24) is 19.1 Å². The van der Waals surface area contributed by atoms with E-state index >= 15 is 0 Å². The number of hydrogen-bond donors (Lipinski definition) is 0. The highest BCUT2D eigenvalue weighted by atomic mass is 32.2. The van der Waals surface area contributed by atoms with Crippen molar-refractivity contribution in [3.63, 3.8) is 0 Å². The maximum absolute atomic E-state index is 12.7. The second-order valence-corrected chi connectivity index (χ2v) is 11.4. The van der Waals surface area contributed by atoms with Gasteiger partial charge in [-0.1, -0.05) is 6.07 Å². The first-order valence-electron chi connectivity index (χ1n) is 7.84. The van der Waals surface area contributed by atoms with Crippen molar-refractivity contribution in [2.24, 2.45) is 0 Å². The predicted octanol–water partition coefficient (Wildman–Crippen LogP) is 1.40. The van der Waals surface area contributed by atoms with Crippen molar-refractivity contribution < 1.29 is 16.8 Å². The molecule has 0 saturated heterocycles. The lowest BCUT2D eigenvalue weighted by Crippen LogP contribution is -2.26. The standard InChI is InChI=1S/C14H20N4O4S3/c1-17(2)25(21,22)10-4-9-24(19,20)14-16-15-13(12-5-3-8-23-12)18(14)11-6-7-11/h3,5,8,11H,4,6-7,9-10H2,1-2H3. The number of hydrogen-bond acceptors (Lipinski definition) is 7. The fourth-order valence-corrected chi connectivity index (χ4v) is 5.60. The average Bonchev–Trinajstić information content (AvgIpc) is 3.05. The summed E-state index contributed by atoms with van der Waals surface area (Å²) in [6.45, 7) is 0. The van der Waals surface area contributed by atoms with Crippen molar-refractivity contribution >= 4 is 31.2 Å². The number of thiophene rings is 1. The molecule has 0 atom stereocenters. The largest absolute Gasteiger partial charge is 0.294 e. The highest BCUT2D eigenvalue weighted by Gasteiger charge is 2.35. The van der Waals surface area contributed by atoms with Crippen LogP contribution < -0.4 is 0 Å².